The Morgan fingerprint density at radius 2 is 1.75 bits per heavy atom. The number of sulfonamides is 1. The molecule has 0 aliphatic heterocycles. The summed E-state index contributed by atoms with van der Waals surface area (Å²) in [4.78, 5) is 24.0. The summed E-state index contributed by atoms with van der Waals surface area (Å²) in [5, 5.41) is 3.90. The van der Waals surface area contributed by atoms with Crippen molar-refractivity contribution < 1.29 is 32.2 Å². The summed E-state index contributed by atoms with van der Waals surface area (Å²) in [6.45, 7) is -0.514. The Morgan fingerprint density at radius 3 is 2.42 bits per heavy atom. The molecule has 0 saturated heterocycles. The molecule has 1 N–H and O–H groups in total. The molecule has 0 bridgehead atoms. The van der Waals surface area contributed by atoms with Gasteiger partial charge in [-0.05, 0) is 54.1 Å². The molecule has 3 rings (SSSR count). The number of anilines is 1. The molecule has 188 valence electrons. The Bertz CT molecular complexity index is 1370. The number of hydrazone groups is 1. The molecule has 0 spiro atoms. The fourth-order valence-electron chi connectivity index (χ4n) is 2.99. The van der Waals surface area contributed by atoms with Gasteiger partial charge in [0.15, 0.2) is 11.5 Å². The summed E-state index contributed by atoms with van der Waals surface area (Å²) in [6, 6.07) is 19.0. The second-order valence-corrected chi connectivity index (χ2v) is 9.84. The van der Waals surface area contributed by atoms with Crippen LogP contribution < -0.4 is 19.2 Å². The summed E-state index contributed by atoms with van der Waals surface area (Å²) in [7, 11) is -1.46. The van der Waals surface area contributed by atoms with Gasteiger partial charge in [0.25, 0.3) is 15.9 Å². The minimum absolute atomic E-state index is 0.0441. The lowest BCUT2D eigenvalue weighted by Gasteiger charge is -2.23. The molecule has 0 aliphatic carbocycles. The third-order valence-corrected chi connectivity index (χ3v) is 6.95. The van der Waals surface area contributed by atoms with Gasteiger partial charge >= 0.3 is 6.16 Å². The number of nitrogens with one attached hydrogen (secondary N) is 1. The van der Waals surface area contributed by atoms with Gasteiger partial charge in [0.05, 0.1) is 31.0 Å². The van der Waals surface area contributed by atoms with Crippen LogP contribution in [0.4, 0.5) is 10.5 Å². The van der Waals surface area contributed by atoms with E-state index in [-0.39, 0.29) is 16.4 Å². The molecule has 0 radical (unpaired) electrons. The van der Waals surface area contributed by atoms with Crippen molar-refractivity contribution in [3.63, 3.8) is 0 Å². The number of hydrogen-bond donors (Lipinski definition) is 1. The van der Waals surface area contributed by atoms with Gasteiger partial charge in [-0.1, -0.05) is 40.2 Å². The summed E-state index contributed by atoms with van der Waals surface area (Å²) < 4.78 is 42.9. The average molecular weight is 576 g/mol. The Hall–Kier alpha value is -3.90. The highest BCUT2D eigenvalue weighted by Crippen LogP contribution is 2.28. The minimum atomic E-state index is -4.04. The van der Waals surface area contributed by atoms with Crippen molar-refractivity contribution in [2.45, 2.75) is 4.90 Å². The van der Waals surface area contributed by atoms with Crippen molar-refractivity contribution >= 4 is 49.9 Å². The first-order chi connectivity index (χ1) is 17.2. The highest BCUT2D eigenvalue weighted by Gasteiger charge is 2.27. The zero-order valence-electron chi connectivity index (χ0n) is 19.3. The summed E-state index contributed by atoms with van der Waals surface area (Å²) in [6.07, 6.45) is 0.430. The number of carbonyl (C=O) groups is 2. The topological polar surface area (TPSA) is 124 Å². The molecule has 0 aliphatic rings. The van der Waals surface area contributed by atoms with Crippen molar-refractivity contribution in [2.24, 2.45) is 5.10 Å². The van der Waals surface area contributed by atoms with Crippen LogP contribution in [-0.2, 0) is 19.6 Å². The van der Waals surface area contributed by atoms with Crippen molar-refractivity contribution in [2.75, 3.05) is 25.1 Å². The molecule has 3 aromatic carbocycles. The second-order valence-electron chi connectivity index (χ2n) is 7.06. The molecule has 10 nitrogen and oxygen atoms in total. The number of ether oxygens (including phenoxy) is 3. The number of nitrogens with zero attached hydrogens (tertiary/aromatic N) is 2. The zero-order chi connectivity index (χ0) is 26.1. The van der Waals surface area contributed by atoms with E-state index in [2.05, 4.69) is 31.2 Å². The molecular weight excluding hydrogens is 554 g/mol. The monoisotopic (exact) mass is 575 g/mol. The van der Waals surface area contributed by atoms with Gasteiger partial charge in [0.2, 0.25) is 0 Å². The maximum atomic E-state index is 13.3. The van der Waals surface area contributed by atoms with Crippen molar-refractivity contribution in [3.05, 3.63) is 82.8 Å². The van der Waals surface area contributed by atoms with Gasteiger partial charge in [0, 0.05) is 4.47 Å². The third kappa shape index (κ3) is 6.83. The van der Waals surface area contributed by atoms with Crippen LogP contribution in [0.2, 0.25) is 0 Å². The zero-order valence-corrected chi connectivity index (χ0v) is 21.7. The summed E-state index contributed by atoms with van der Waals surface area (Å²) in [5.41, 5.74) is 3.15. The van der Waals surface area contributed by atoms with Gasteiger partial charge < -0.3 is 14.2 Å². The highest BCUT2D eigenvalue weighted by atomic mass is 79.9. The molecule has 0 saturated carbocycles. The average Bonchev–Trinajstić information content (AvgIpc) is 2.88. The van der Waals surface area contributed by atoms with Crippen molar-refractivity contribution in [3.8, 4) is 11.5 Å². The molecule has 0 heterocycles. The molecule has 3 aromatic rings. The van der Waals surface area contributed by atoms with Crippen LogP contribution >= 0.6 is 15.9 Å². The van der Waals surface area contributed by atoms with E-state index in [4.69, 9.17) is 9.47 Å². The highest BCUT2D eigenvalue weighted by molar-refractivity contribution is 9.10. The van der Waals surface area contributed by atoms with E-state index in [1.807, 2.05) is 0 Å². The predicted octanol–water partition coefficient (Wildman–Crippen LogP) is 3.95. The van der Waals surface area contributed by atoms with E-state index in [0.717, 1.165) is 4.31 Å². The molecule has 12 heteroatoms. The molecular formula is C24H22BrN3O7S. The van der Waals surface area contributed by atoms with Crippen LogP contribution in [0.3, 0.4) is 0 Å². The molecule has 1 amide bonds. The first-order valence-corrected chi connectivity index (χ1v) is 12.6. The summed E-state index contributed by atoms with van der Waals surface area (Å²) >= 11 is 3.33. The lowest BCUT2D eigenvalue weighted by Crippen LogP contribution is -2.39. The Morgan fingerprint density at radius 1 is 1.00 bits per heavy atom. The van der Waals surface area contributed by atoms with Gasteiger partial charge in [0.1, 0.15) is 6.54 Å². The number of methoxy groups -OCH3 is 2. The minimum Gasteiger partial charge on any atom is -0.493 e. The SMILES string of the molecule is COC(=O)Oc1ccc(/C=N\NC(=O)CN(c2cccc(Br)c2)S(=O)(=O)c2ccccc2)cc1OC. The second kappa shape index (κ2) is 12.2. The third-order valence-electron chi connectivity index (χ3n) is 4.67. The van der Waals surface area contributed by atoms with E-state index < -0.39 is 28.6 Å². The smallest absolute Gasteiger partial charge is 0.493 e. The first-order valence-electron chi connectivity index (χ1n) is 10.3. The van der Waals surface area contributed by atoms with E-state index in [1.54, 1.807) is 48.5 Å². The van der Waals surface area contributed by atoms with Crippen molar-refractivity contribution in [1.29, 1.82) is 0 Å². The molecule has 0 aromatic heterocycles. The Labute approximate surface area is 216 Å². The lowest BCUT2D eigenvalue weighted by atomic mass is 10.2. The van der Waals surface area contributed by atoms with Gasteiger partial charge in [-0.15, -0.1) is 0 Å². The predicted molar refractivity (Wildman–Crippen MR) is 137 cm³/mol. The van der Waals surface area contributed by atoms with Crippen LogP contribution in [0.15, 0.2) is 87.3 Å². The Kier molecular flexibility index (Phi) is 9.03. The molecule has 0 unspecified atom stereocenters. The number of halogens is 1. The maximum Gasteiger partial charge on any atom is 0.513 e. The van der Waals surface area contributed by atoms with Gasteiger partial charge in [-0.25, -0.2) is 18.6 Å². The standard InChI is InChI=1S/C24H22BrN3O7S/c1-33-22-13-17(11-12-21(22)35-24(30)34-2)15-26-27-23(29)16-28(19-8-6-7-18(25)14-19)36(31,32)20-9-4-3-5-10-20/h3-15H,16H2,1-2H3,(H,27,29)/b26-15-. The molecule has 36 heavy (non-hydrogen) atoms. The Balaban J connectivity index is 1.77. The van der Waals surface area contributed by atoms with E-state index in [0.29, 0.717) is 15.7 Å². The van der Waals surface area contributed by atoms with Crippen LogP contribution in [0.1, 0.15) is 5.56 Å². The number of rotatable bonds is 9. The van der Waals surface area contributed by atoms with E-state index >= 15 is 0 Å². The molecule has 0 atom stereocenters. The molecule has 0 fully saturated rings. The fourth-order valence-corrected chi connectivity index (χ4v) is 4.81. The fraction of sp³-hybridized carbons (Fsp3) is 0.125. The number of hydrogen-bond acceptors (Lipinski definition) is 8. The number of amides is 1. The van der Waals surface area contributed by atoms with Crippen LogP contribution in [-0.4, -0.2) is 47.5 Å². The number of carbonyl (C=O) groups excluding carboxylic acids is 2. The maximum absolute atomic E-state index is 13.3. The van der Waals surface area contributed by atoms with Crippen molar-refractivity contribution in [1.82, 2.24) is 5.43 Å². The van der Waals surface area contributed by atoms with Crippen LogP contribution in [0.25, 0.3) is 0 Å². The number of benzene rings is 3. The van der Waals surface area contributed by atoms with Gasteiger partial charge in [-0.3, -0.25) is 9.10 Å². The normalized spacial score (nSPS) is 11.1. The summed E-state index contributed by atoms with van der Waals surface area (Å²) in [5.74, 6) is -0.282. The first kappa shape index (κ1) is 26.7. The van der Waals surface area contributed by atoms with E-state index in [1.165, 1.54) is 44.7 Å². The van der Waals surface area contributed by atoms with Crippen LogP contribution in [0.5, 0.6) is 11.5 Å². The lowest BCUT2D eigenvalue weighted by molar-refractivity contribution is -0.119. The van der Waals surface area contributed by atoms with E-state index in [9.17, 15) is 18.0 Å². The quantitative estimate of drug-likeness (QED) is 0.177. The van der Waals surface area contributed by atoms with Gasteiger partial charge in [-0.2, -0.15) is 5.10 Å². The largest absolute Gasteiger partial charge is 0.513 e. The van der Waals surface area contributed by atoms with Crippen LogP contribution in [0, 0.1) is 0 Å².